The monoisotopic (exact) mass is 397 g/mol. The van der Waals surface area contributed by atoms with E-state index in [2.05, 4.69) is 9.46 Å². The molecule has 1 aliphatic rings. The van der Waals surface area contributed by atoms with Gasteiger partial charge in [0, 0.05) is 37.8 Å². The molecule has 0 spiro atoms. The molecule has 1 fully saturated rings. The van der Waals surface area contributed by atoms with Crippen molar-refractivity contribution in [2.24, 2.45) is 0 Å². The van der Waals surface area contributed by atoms with Crippen LogP contribution in [0.15, 0.2) is 29.2 Å². The first kappa shape index (κ1) is 21.2. The van der Waals surface area contributed by atoms with Gasteiger partial charge in [-0.1, -0.05) is 0 Å². The standard InChI is InChI=1S/C18H27N3O5S/c1-4-20(5-2)17(22)14-6-8-16(9-7-14)27(24,25)19-15-10-12-21(13-11-15)18(23)26-3/h6-9,15,19H,4-5,10-13H2,1-3H3. The van der Waals surface area contributed by atoms with Crippen molar-refractivity contribution in [1.29, 1.82) is 0 Å². The quantitative estimate of drug-likeness (QED) is 0.788. The van der Waals surface area contributed by atoms with Crippen molar-refractivity contribution in [3.8, 4) is 0 Å². The van der Waals surface area contributed by atoms with E-state index in [1.54, 1.807) is 9.80 Å². The third-order valence-electron chi connectivity index (χ3n) is 4.71. The van der Waals surface area contributed by atoms with Crippen LogP contribution < -0.4 is 4.72 Å². The summed E-state index contributed by atoms with van der Waals surface area (Å²) in [6, 6.07) is 5.73. The number of carbonyl (C=O) groups is 2. The number of likely N-dealkylation sites (tertiary alicyclic amines) is 1. The Balaban J connectivity index is 2.01. The number of ether oxygens (including phenoxy) is 1. The molecule has 0 bridgehead atoms. The zero-order valence-electron chi connectivity index (χ0n) is 16.0. The molecule has 9 heteroatoms. The Morgan fingerprint density at radius 3 is 2.19 bits per heavy atom. The predicted octanol–water partition coefficient (Wildman–Crippen LogP) is 1.68. The lowest BCUT2D eigenvalue weighted by Gasteiger charge is -2.31. The average Bonchev–Trinajstić information content (AvgIpc) is 2.68. The normalized spacial score (nSPS) is 15.4. The van der Waals surface area contributed by atoms with Crippen LogP contribution in [0.25, 0.3) is 0 Å². The van der Waals surface area contributed by atoms with E-state index in [1.807, 2.05) is 13.8 Å². The van der Waals surface area contributed by atoms with E-state index in [-0.39, 0.29) is 16.8 Å². The highest BCUT2D eigenvalue weighted by atomic mass is 32.2. The molecule has 0 atom stereocenters. The number of rotatable bonds is 6. The summed E-state index contributed by atoms with van der Waals surface area (Å²) >= 11 is 0. The van der Waals surface area contributed by atoms with Gasteiger partial charge < -0.3 is 14.5 Å². The second kappa shape index (κ2) is 9.18. The Kier molecular flexibility index (Phi) is 7.20. The second-order valence-electron chi connectivity index (χ2n) is 6.35. The lowest BCUT2D eigenvalue weighted by atomic mass is 10.1. The third-order valence-corrected chi connectivity index (χ3v) is 6.25. The van der Waals surface area contributed by atoms with Gasteiger partial charge in [-0.25, -0.2) is 17.9 Å². The van der Waals surface area contributed by atoms with E-state index in [0.717, 1.165) is 0 Å². The van der Waals surface area contributed by atoms with Crippen molar-refractivity contribution in [2.75, 3.05) is 33.3 Å². The molecule has 1 N–H and O–H groups in total. The van der Waals surface area contributed by atoms with Gasteiger partial charge in [-0.3, -0.25) is 4.79 Å². The smallest absolute Gasteiger partial charge is 0.409 e. The molecular weight excluding hydrogens is 370 g/mol. The minimum absolute atomic E-state index is 0.118. The molecule has 2 amide bonds. The molecule has 0 aliphatic carbocycles. The summed E-state index contributed by atoms with van der Waals surface area (Å²) in [4.78, 5) is 27.2. The maximum Gasteiger partial charge on any atom is 0.409 e. The molecule has 0 saturated carbocycles. The van der Waals surface area contributed by atoms with E-state index in [4.69, 9.17) is 0 Å². The van der Waals surface area contributed by atoms with Gasteiger partial charge in [-0.05, 0) is 51.0 Å². The molecule has 8 nitrogen and oxygen atoms in total. The first-order valence-corrected chi connectivity index (χ1v) is 10.5. The Hall–Kier alpha value is -2.13. The van der Waals surface area contributed by atoms with Crippen LogP contribution in [-0.2, 0) is 14.8 Å². The Labute approximate surface area is 160 Å². The molecule has 0 radical (unpaired) electrons. The fraction of sp³-hybridized carbons (Fsp3) is 0.556. The third kappa shape index (κ3) is 5.20. The van der Waals surface area contributed by atoms with E-state index in [1.165, 1.54) is 31.4 Å². The summed E-state index contributed by atoms with van der Waals surface area (Å²) in [5, 5.41) is 0. The van der Waals surface area contributed by atoms with Gasteiger partial charge in [0.05, 0.1) is 12.0 Å². The van der Waals surface area contributed by atoms with Gasteiger partial charge in [-0.15, -0.1) is 0 Å². The van der Waals surface area contributed by atoms with E-state index >= 15 is 0 Å². The Morgan fingerprint density at radius 2 is 1.70 bits per heavy atom. The molecule has 0 unspecified atom stereocenters. The topological polar surface area (TPSA) is 96.0 Å². The maximum atomic E-state index is 12.6. The number of sulfonamides is 1. The summed E-state index contributed by atoms with van der Waals surface area (Å²) < 4.78 is 32.5. The van der Waals surface area contributed by atoms with Crippen molar-refractivity contribution in [1.82, 2.24) is 14.5 Å². The second-order valence-corrected chi connectivity index (χ2v) is 8.07. The SMILES string of the molecule is CCN(CC)C(=O)c1ccc(S(=O)(=O)NC2CCN(C(=O)OC)CC2)cc1. The first-order chi connectivity index (χ1) is 12.8. The zero-order chi connectivity index (χ0) is 20.0. The van der Waals surface area contributed by atoms with E-state index in [0.29, 0.717) is 44.6 Å². The molecule has 0 aromatic heterocycles. The molecule has 1 aliphatic heterocycles. The number of methoxy groups -OCH3 is 1. The summed E-state index contributed by atoms with van der Waals surface area (Å²) in [6.45, 7) is 5.88. The number of nitrogens with one attached hydrogen (secondary N) is 1. The van der Waals surface area contributed by atoms with Gasteiger partial charge >= 0.3 is 6.09 Å². The number of hydrogen-bond acceptors (Lipinski definition) is 5. The van der Waals surface area contributed by atoms with Crippen LogP contribution in [-0.4, -0.2) is 69.5 Å². The minimum atomic E-state index is -3.69. The molecule has 1 heterocycles. The van der Waals surface area contributed by atoms with Crippen LogP contribution in [0.2, 0.25) is 0 Å². The highest BCUT2D eigenvalue weighted by Gasteiger charge is 2.27. The van der Waals surface area contributed by atoms with Crippen molar-refractivity contribution in [3.05, 3.63) is 29.8 Å². The van der Waals surface area contributed by atoms with E-state index in [9.17, 15) is 18.0 Å². The van der Waals surface area contributed by atoms with Gasteiger partial charge in [0.2, 0.25) is 10.0 Å². The summed E-state index contributed by atoms with van der Waals surface area (Å²) in [5.41, 5.74) is 0.462. The van der Waals surface area contributed by atoms with Crippen LogP contribution in [0, 0.1) is 0 Å². The van der Waals surface area contributed by atoms with Crippen LogP contribution in [0.1, 0.15) is 37.0 Å². The van der Waals surface area contributed by atoms with Gasteiger partial charge in [0.25, 0.3) is 5.91 Å². The van der Waals surface area contributed by atoms with Crippen LogP contribution >= 0.6 is 0 Å². The fourth-order valence-corrected chi connectivity index (χ4v) is 4.37. The lowest BCUT2D eigenvalue weighted by Crippen LogP contribution is -2.46. The number of carbonyl (C=O) groups excluding carboxylic acids is 2. The maximum absolute atomic E-state index is 12.6. The summed E-state index contributed by atoms with van der Waals surface area (Å²) in [7, 11) is -2.36. The van der Waals surface area contributed by atoms with Crippen LogP contribution in [0.4, 0.5) is 4.79 Å². The number of amides is 2. The van der Waals surface area contributed by atoms with Crippen molar-refractivity contribution in [2.45, 2.75) is 37.6 Å². The van der Waals surface area contributed by atoms with Crippen molar-refractivity contribution in [3.63, 3.8) is 0 Å². The van der Waals surface area contributed by atoms with E-state index < -0.39 is 16.1 Å². The first-order valence-electron chi connectivity index (χ1n) is 9.07. The van der Waals surface area contributed by atoms with Gasteiger partial charge in [-0.2, -0.15) is 0 Å². The number of nitrogens with zero attached hydrogens (tertiary/aromatic N) is 2. The highest BCUT2D eigenvalue weighted by molar-refractivity contribution is 7.89. The zero-order valence-corrected chi connectivity index (χ0v) is 16.8. The molecule has 1 aromatic carbocycles. The lowest BCUT2D eigenvalue weighted by molar-refractivity contribution is 0.0772. The van der Waals surface area contributed by atoms with Crippen molar-refractivity contribution >= 4 is 22.0 Å². The van der Waals surface area contributed by atoms with Crippen LogP contribution in [0.5, 0.6) is 0 Å². The van der Waals surface area contributed by atoms with Crippen LogP contribution in [0.3, 0.4) is 0 Å². The fourth-order valence-electron chi connectivity index (χ4n) is 3.07. The highest BCUT2D eigenvalue weighted by Crippen LogP contribution is 2.17. The van der Waals surface area contributed by atoms with Crippen molar-refractivity contribution < 1.29 is 22.7 Å². The molecule has 1 saturated heterocycles. The molecule has 2 rings (SSSR count). The minimum Gasteiger partial charge on any atom is -0.453 e. The number of piperidine rings is 1. The summed E-state index contributed by atoms with van der Waals surface area (Å²) in [6.07, 6.45) is 0.643. The molecular formula is C18H27N3O5S. The predicted molar refractivity (Wildman–Crippen MR) is 101 cm³/mol. The molecule has 27 heavy (non-hydrogen) atoms. The van der Waals surface area contributed by atoms with Gasteiger partial charge in [0.15, 0.2) is 0 Å². The molecule has 150 valence electrons. The summed E-state index contributed by atoms with van der Waals surface area (Å²) in [5.74, 6) is -0.118. The number of benzene rings is 1. The van der Waals surface area contributed by atoms with Gasteiger partial charge in [0.1, 0.15) is 0 Å². The average molecular weight is 397 g/mol. The molecule has 1 aromatic rings. The Bertz CT molecular complexity index is 752. The Morgan fingerprint density at radius 1 is 1.15 bits per heavy atom. The number of hydrogen-bond donors (Lipinski definition) is 1. The largest absolute Gasteiger partial charge is 0.453 e.